The summed E-state index contributed by atoms with van der Waals surface area (Å²) in [7, 11) is 2.03. The van der Waals surface area contributed by atoms with E-state index in [1.54, 1.807) is 12.6 Å². The third-order valence-corrected chi connectivity index (χ3v) is 4.98. The molecule has 1 fully saturated rings. The molecule has 0 spiro atoms. The second kappa shape index (κ2) is 13.6. The van der Waals surface area contributed by atoms with E-state index in [2.05, 4.69) is 36.8 Å². The first-order valence-electron chi connectivity index (χ1n) is 10.4. The van der Waals surface area contributed by atoms with Gasteiger partial charge < -0.3 is 23.9 Å². The van der Waals surface area contributed by atoms with Crippen LogP contribution in [-0.4, -0.2) is 83.5 Å². The number of aromatic nitrogens is 3. The van der Waals surface area contributed by atoms with Crippen LogP contribution in [0.4, 0.5) is 0 Å². The van der Waals surface area contributed by atoms with Crippen molar-refractivity contribution in [1.29, 1.82) is 0 Å². The normalized spacial score (nSPS) is 15.1. The molecule has 0 aliphatic carbocycles. The minimum absolute atomic E-state index is 0. The monoisotopic (exact) mass is 531 g/mol. The van der Waals surface area contributed by atoms with Crippen molar-refractivity contribution in [3.63, 3.8) is 0 Å². The summed E-state index contributed by atoms with van der Waals surface area (Å²) >= 11 is 0. The summed E-state index contributed by atoms with van der Waals surface area (Å²) in [4.78, 5) is 9.38. The molecule has 2 aromatic heterocycles. The SMILES string of the molecule is CCc1nncn1CCNC(=NCCCN1CCOCC1)N(C)Cc1ccco1.I. The number of ether oxygens (including phenoxy) is 1. The number of morpholine rings is 1. The van der Waals surface area contributed by atoms with Crippen molar-refractivity contribution in [1.82, 2.24) is 29.9 Å². The Balaban J connectivity index is 0.00000320. The van der Waals surface area contributed by atoms with Crippen LogP contribution in [0.15, 0.2) is 34.1 Å². The lowest BCUT2D eigenvalue weighted by atomic mass is 10.3. The number of rotatable bonds is 10. The van der Waals surface area contributed by atoms with Crippen LogP contribution in [0.5, 0.6) is 0 Å². The lowest BCUT2D eigenvalue weighted by molar-refractivity contribution is 0.0377. The highest BCUT2D eigenvalue weighted by atomic mass is 127. The molecule has 1 aliphatic heterocycles. The van der Waals surface area contributed by atoms with Crippen LogP contribution < -0.4 is 5.32 Å². The molecule has 0 aromatic carbocycles. The van der Waals surface area contributed by atoms with Crippen molar-refractivity contribution in [2.75, 3.05) is 53.0 Å². The Kier molecular flexibility index (Phi) is 11.2. The highest BCUT2D eigenvalue weighted by Gasteiger charge is 2.11. The maximum absolute atomic E-state index is 5.49. The number of halogens is 1. The number of nitrogens with one attached hydrogen (secondary N) is 1. The first kappa shape index (κ1) is 24.6. The molecule has 30 heavy (non-hydrogen) atoms. The Morgan fingerprint density at radius 3 is 2.87 bits per heavy atom. The molecule has 1 saturated heterocycles. The van der Waals surface area contributed by atoms with Gasteiger partial charge in [0.25, 0.3) is 0 Å². The van der Waals surface area contributed by atoms with Crippen molar-refractivity contribution in [3.8, 4) is 0 Å². The van der Waals surface area contributed by atoms with Crippen molar-refractivity contribution in [2.24, 2.45) is 4.99 Å². The van der Waals surface area contributed by atoms with E-state index in [1.165, 1.54) is 0 Å². The first-order chi connectivity index (χ1) is 14.3. The van der Waals surface area contributed by atoms with E-state index in [-0.39, 0.29) is 24.0 Å². The van der Waals surface area contributed by atoms with E-state index in [4.69, 9.17) is 14.1 Å². The lowest BCUT2D eigenvalue weighted by Gasteiger charge is -2.26. The fraction of sp³-hybridized carbons (Fsp3) is 0.650. The zero-order valence-electron chi connectivity index (χ0n) is 18.0. The third-order valence-electron chi connectivity index (χ3n) is 4.98. The van der Waals surface area contributed by atoms with Gasteiger partial charge in [0, 0.05) is 52.7 Å². The molecule has 10 heteroatoms. The average molecular weight is 531 g/mol. The van der Waals surface area contributed by atoms with E-state index in [1.807, 2.05) is 19.2 Å². The number of nitrogens with zero attached hydrogens (tertiary/aromatic N) is 6. The Bertz CT molecular complexity index is 729. The van der Waals surface area contributed by atoms with Crippen molar-refractivity contribution < 1.29 is 9.15 Å². The third kappa shape index (κ3) is 7.88. The topological polar surface area (TPSA) is 84.0 Å². The summed E-state index contributed by atoms with van der Waals surface area (Å²) in [5, 5.41) is 11.6. The van der Waals surface area contributed by atoms with E-state index >= 15 is 0 Å². The van der Waals surface area contributed by atoms with Gasteiger partial charge in [-0.25, -0.2) is 0 Å². The fourth-order valence-electron chi connectivity index (χ4n) is 3.35. The van der Waals surface area contributed by atoms with Gasteiger partial charge in [-0.3, -0.25) is 9.89 Å². The van der Waals surface area contributed by atoms with Crippen molar-refractivity contribution in [3.05, 3.63) is 36.3 Å². The van der Waals surface area contributed by atoms with Gasteiger partial charge in [-0.15, -0.1) is 34.2 Å². The van der Waals surface area contributed by atoms with Crippen LogP contribution in [-0.2, 0) is 24.2 Å². The summed E-state index contributed by atoms with van der Waals surface area (Å²) < 4.78 is 13.0. The quantitative estimate of drug-likeness (QED) is 0.217. The Labute approximate surface area is 195 Å². The Morgan fingerprint density at radius 1 is 1.30 bits per heavy atom. The highest BCUT2D eigenvalue weighted by Crippen LogP contribution is 2.05. The van der Waals surface area contributed by atoms with E-state index < -0.39 is 0 Å². The molecule has 0 amide bonds. The Morgan fingerprint density at radius 2 is 2.13 bits per heavy atom. The number of aliphatic imine (C=N–C) groups is 1. The van der Waals surface area contributed by atoms with Gasteiger partial charge in [0.1, 0.15) is 17.9 Å². The van der Waals surface area contributed by atoms with Crippen LogP contribution in [0.2, 0.25) is 0 Å². The van der Waals surface area contributed by atoms with Gasteiger partial charge in [-0.1, -0.05) is 6.92 Å². The molecule has 0 saturated carbocycles. The standard InChI is InChI=1S/C20H33N7O2.HI/c1-3-19-24-23-17-27(19)10-8-22-20(25(2)16-18-6-4-13-29-18)21-7-5-9-26-11-14-28-15-12-26;/h4,6,13,17H,3,5,7-12,14-16H2,1-2H3,(H,21,22);1H. The molecule has 0 radical (unpaired) electrons. The largest absolute Gasteiger partial charge is 0.467 e. The number of furan rings is 1. The minimum atomic E-state index is 0. The predicted octanol–water partition coefficient (Wildman–Crippen LogP) is 1.85. The molecule has 0 bridgehead atoms. The van der Waals surface area contributed by atoms with Crippen LogP contribution in [0, 0.1) is 0 Å². The number of aryl methyl sites for hydroxylation is 1. The van der Waals surface area contributed by atoms with Crippen LogP contribution in [0.1, 0.15) is 24.9 Å². The maximum atomic E-state index is 5.49. The summed E-state index contributed by atoms with van der Waals surface area (Å²) in [6, 6.07) is 3.89. The molecule has 9 nitrogen and oxygen atoms in total. The number of hydrogen-bond acceptors (Lipinski definition) is 6. The smallest absolute Gasteiger partial charge is 0.194 e. The van der Waals surface area contributed by atoms with Gasteiger partial charge in [0.15, 0.2) is 5.96 Å². The zero-order chi connectivity index (χ0) is 20.3. The fourth-order valence-corrected chi connectivity index (χ4v) is 3.35. The maximum Gasteiger partial charge on any atom is 0.194 e. The average Bonchev–Trinajstić information content (AvgIpc) is 3.42. The minimum Gasteiger partial charge on any atom is -0.467 e. The summed E-state index contributed by atoms with van der Waals surface area (Å²) in [6.45, 7) is 9.89. The van der Waals surface area contributed by atoms with Crippen LogP contribution in [0.25, 0.3) is 0 Å². The predicted molar refractivity (Wildman–Crippen MR) is 127 cm³/mol. The van der Waals surface area contributed by atoms with Crippen LogP contribution >= 0.6 is 24.0 Å². The highest BCUT2D eigenvalue weighted by molar-refractivity contribution is 14.0. The van der Waals surface area contributed by atoms with Gasteiger partial charge in [-0.05, 0) is 18.6 Å². The van der Waals surface area contributed by atoms with Crippen molar-refractivity contribution >= 4 is 29.9 Å². The molecule has 3 rings (SSSR count). The molecule has 1 N–H and O–H groups in total. The first-order valence-corrected chi connectivity index (χ1v) is 10.4. The van der Waals surface area contributed by atoms with Gasteiger partial charge in [0.05, 0.1) is 26.0 Å². The zero-order valence-corrected chi connectivity index (χ0v) is 20.3. The van der Waals surface area contributed by atoms with Crippen LogP contribution in [0.3, 0.4) is 0 Å². The van der Waals surface area contributed by atoms with E-state index in [9.17, 15) is 0 Å². The number of guanidine groups is 1. The van der Waals surface area contributed by atoms with Gasteiger partial charge in [0.2, 0.25) is 0 Å². The lowest BCUT2D eigenvalue weighted by Crippen LogP contribution is -2.40. The van der Waals surface area contributed by atoms with E-state index in [0.29, 0.717) is 6.54 Å². The number of hydrogen-bond donors (Lipinski definition) is 1. The molecule has 168 valence electrons. The molecule has 0 unspecified atom stereocenters. The van der Waals surface area contributed by atoms with Gasteiger partial charge in [-0.2, -0.15) is 0 Å². The molecule has 3 heterocycles. The molecule has 1 aliphatic rings. The molecular formula is C20H34IN7O2. The Hall–Kier alpha value is -1.66. The second-order valence-electron chi connectivity index (χ2n) is 7.17. The molecule has 0 atom stereocenters. The second-order valence-corrected chi connectivity index (χ2v) is 7.17. The molecular weight excluding hydrogens is 497 g/mol. The molecule has 2 aromatic rings. The summed E-state index contributed by atoms with van der Waals surface area (Å²) in [6.07, 6.45) is 5.40. The summed E-state index contributed by atoms with van der Waals surface area (Å²) in [5.74, 6) is 2.80. The van der Waals surface area contributed by atoms with E-state index in [0.717, 1.165) is 82.9 Å². The van der Waals surface area contributed by atoms with Gasteiger partial charge >= 0.3 is 0 Å². The van der Waals surface area contributed by atoms with Crippen molar-refractivity contribution in [2.45, 2.75) is 32.9 Å². The summed E-state index contributed by atoms with van der Waals surface area (Å²) in [5.41, 5.74) is 0.